The fourth-order valence-corrected chi connectivity index (χ4v) is 2.59. The van der Waals surface area contributed by atoms with Gasteiger partial charge in [0.25, 0.3) is 11.8 Å². The summed E-state index contributed by atoms with van der Waals surface area (Å²) in [7, 11) is 0. The van der Waals surface area contributed by atoms with E-state index < -0.39 is 5.91 Å². The molecule has 0 bridgehead atoms. The van der Waals surface area contributed by atoms with Gasteiger partial charge in [0.05, 0.1) is 9.35 Å². The topological polar surface area (TPSA) is 81.4 Å². The molecule has 0 aliphatic rings. The van der Waals surface area contributed by atoms with E-state index in [2.05, 4.69) is 21.2 Å². The molecule has 20 heavy (non-hydrogen) atoms. The monoisotopic (exact) mass is 354 g/mol. The lowest BCUT2D eigenvalue weighted by Gasteiger charge is -2.07. The molecule has 0 saturated carbocycles. The normalized spacial score (nSPS) is 10.1. The third kappa shape index (κ3) is 4.07. The lowest BCUT2D eigenvalue weighted by Crippen LogP contribution is -2.20. The van der Waals surface area contributed by atoms with E-state index in [9.17, 15) is 9.59 Å². The van der Waals surface area contributed by atoms with Gasteiger partial charge in [-0.05, 0) is 34.1 Å². The molecule has 1 heterocycles. The van der Waals surface area contributed by atoms with Crippen molar-refractivity contribution in [2.45, 2.75) is 0 Å². The number of carbonyl (C=O) groups excluding carboxylic acids is 2. The second kappa shape index (κ2) is 6.53. The molecule has 3 N–H and O–H groups in total. The van der Waals surface area contributed by atoms with E-state index in [4.69, 9.17) is 10.5 Å². The van der Waals surface area contributed by atoms with E-state index in [1.165, 1.54) is 11.3 Å². The number of nitrogens with two attached hydrogens (primary N) is 1. The molecule has 2 rings (SSSR count). The molecule has 0 aliphatic heterocycles. The maximum Gasteiger partial charge on any atom is 0.256 e. The van der Waals surface area contributed by atoms with E-state index in [1.807, 2.05) is 0 Å². The van der Waals surface area contributed by atoms with Crippen molar-refractivity contribution in [1.29, 1.82) is 0 Å². The molecule has 0 saturated heterocycles. The molecule has 0 unspecified atom stereocenters. The van der Waals surface area contributed by atoms with Crippen molar-refractivity contribution in [3.8, 4) is 5.75 Å². The minimum Gasteiger partial charge on any atom is -0.484 e. The lowest BCUT2D eigenvalue weighted by atomic mass is 10.2. The van der Waals surface area contributed by atoms with Crippen LogP contribution >= 0.6 is 27.3 Å². The van der Waals surface area contributed by atoms with Crippen molar-refractivity contribution in [3.63, 3.8) is 0 Å². The van der Waals surface area contributed by atoms with Crippen LogP contribution in [0, 0.1) is 0 Å². The van der Waals surface area contributed by atoms with Crippen molar-refractivity contribution in [3.05, 3.63) is 45.1 Å². The predicted molar refractivity (Wildman–Crippen MR) is 81.1 cm³/mol. The standard InChI is InChI=1S/C13H11BrN2O3S/c14-11-4-8(7-20-11)13(18)16-9-2-1-3-10(5-9)19-6-12(15)17/h1-5,7H,6H2,(H2,15,17)(H,16,18). The van der Waals surface area contributed by atoms with Crippen molar-refractivity contribution in [2.24, 2.45) is 5.73 Å². The Morgan fingerprint density at radius 1 is 1.35 bits per heavy atom. The molecule has 0 atom stereocenters. The van der Waals surface area contributed by atoms with Gasteiger partial charge < -0.3 is 15.8 Å². The summed E-state index contributed by atoms with van der Waals surface area (Å²) >= 11 is 4.74. The van der Waals surface area contributed by atoms with Crippen LogP contribution in [0.3, 0.4) is 0 Å². The van der Waals surface area contributed by atoms with Crippen LogP contribution in [-0.4, -0.2) is 18.4 Å². The third-order valence-electron chi connectivity index (χ3n) is 2.30. The molecule has 2 aromatic rings. The lowest BCUT2D eigenvalue weighted by molar-refractivity contribution is -0.119. The van der Waals surface area contributed by atoms with Crippen LogP contribution in [0.15, 0.2) is 39.5 Å². The molecule has 0 radical (unpaired) electrons. The van der Waals surface area contributed by atoms with Crippen LogP contribution in [0.1, 0.15) is 10.4 Å². The zero-order valence-corrected chi connectivity index (χ0v) is 12.7. The predicted octanol–water partition coefficient (Wildman–Crippen LogP) is 2.63. The summed E-state index contributed by atoms with van der Waals surface area (Å²) < 4.78 is 6.06. The average molecular weight is 355 g/mol. The van der Waals surface area contributed by atoms with Crippen LogP contribution in [-0.2, 0) is 4.79 Å². The summed E-state index contributed by atoms with van der Waals surface area (Å²) in [6.07, 6.45) is 0. The van der Waals surface area contributed by atoms with Gasteiger partial charge in [-0.3, -0.25) is 9.59 Å². The number of nitrogens with one attached hydrogen (secondary N) is 1. The summed E-state index contributed by atoms with van der Waals surface area (Å²) in [6.45, 7) is -0.200. The molecular formula is C13H11BrN2O3S. The largest absolute Gasteiger partial charge is 0.484 e. The maximum atomic E-state index is 12.0. The van der Waals surface area contributed by atoms with Crippen LogP contribution in [0.5, 0.6) is 5.75 Å². The number of primary amides is 1. The highest BCUT2D eigenvalue weighted by Crippen LogP contribution is 2.22. The fourth-order valence-electron chi connectivity index (χ4n) is 1.45. The van der Waals surface area contributed by atoms with Gasteiger partial charge in [-0.15, -0.1) is 11.3 Å². The number of carbonyl (C=O) groups is 2. The van der Waals surface area contributed by atoms with Gasteiger partial charge in [0.2, 0.25) is 0 Å². The van der Waals surface area contributed by atoms with Gasteiger partial charge in [0.15, 0.2) is 6.61 Å². The molecule has 2 amide bonds. The Hall–Kier alpha value is -1.86. The maximum absolute atomic E-state index is 12.0. The number of rotatable bonds is 5. The van der Waals surface area contributed by atoms with Crippen LogP contribution in [0.25, 0.3) is 0 Å². The van der Waals surface area contributed by atoms with E-state index in [1.54, 1.807) is 35.7 Å². The second-order valence-corrected chi connectivity index (χ2v) is 6.17. The van der Waals surface area contributed by atoms with E-state index in [-0.39, 0.29) is 12.5 Å². The molecule has 0 spiro atoms. The number of benzene rings is 1. The smallest absolute Gasteiger partial charge is 0.256 e. The van der Waals surface area contributed by atoms with Gasteiger partial charge in [-0.25, -0.2) is 0 Å². The van der Waals surface area contributed by atoms with Gasteiger partial charge in [0, 0.05) is 17.1 Å². The Morgan fingerprint density at radius 2 is 2.15 bits per heavy atom. The number of thiophene rings is 1. The second-order valence-electron chi connectivity index (χ2n) is 3.88. The van der Waals surface area contributed by atoms with Crippen molar-refractivity contribution in [2.75, 3.05) is 11.9 Å². The molecule has 7 heteroatoms. The van der Waals surface area contributed by atoms with Crippen molar-refractivity contribution in [1.82, 2.24) is 0 Å². The highest BCUT2D eigenvalue weighted by Gasteiger charge is 2.08. The first kappa shape index (κ1) is 14.5. The Kier molecular flexibility index (Phi) is 4.75. The van der Waals surface area contributed by atoms with Gasteiger partial charge >= 0.3 is 0 Å². The molecule has 0 aliphatic carbocycles. The first-order valence-corrected chi connectivity index (χ1v) is 7.28. The third-order valence-corrected chi connectivity index (χ3v) is 3.81. The molecule has 1 aromatic heterocycles. The van der Waals surface area contributed by atoms with Crippen molar-refractivity contribution >= 4 is 44.8 Å². The van der Waals surface area contributed by atoms with Crippen LogP contribution in [0.2, 0.25) is 0 Å². The highest BCUT2D eigenvalue weighted by molar-refractivity contribution is 9.11. The first-order chi connectivity index (χ1) is 9.54. The molecule has 1 aromatic carbocycles. The van der Waals surface area contributed by atoms with Crippen LogP contribution in [0.4, 0.5) is 5.69 Å². The number of anilines is 1. The average Bonchev–Trinajstić information content (AvgIpc) is 2.84. The summed E-state index contributed by atoms with van der Waals surface area (Å²) in [5, 5.41) is 4.51. The molecular weight excluding hydrogens is 344 g/mol. The zero-order chi connectivity index (χ0) is 14.5. The Balaban J connectivity index is 2.04. The van der Waals surface area contributed by atoms with E-state index in [0.29, 0.717) is 17.0 Å². The molecule has 104 valence electrons. The summed E-state index contributed by atoms with van der Waals surface area (Å²) in [4.78, 5) is 22.6. The first-order valence-electron chi connectivity index (χ1n) is 5.61. The minimum absolute atomic E-state index is 0.200. The van der Waals surface area contributed by atoms with Gasteiger partial charge in [-0.1, -0.05) is 6.07 Å². The quantitative estimate of drug-likeness (QED) is 0.865. The Bertz CT molecular complexity index is 642. The van der Waals surface area contributed by atoms with E-state index >= 15 is 0 Å². The number of halogens is 1. The number of ether oxygens (including phenoxy) is 1. The van der Waals surface area contributed by atoms with Gasteiger partial charge in [0.1, 0.15) is 5.75 Å². The van der Waals surface area contributed by atoms with Crippen LogP contribution < -0.4 is 15.8 Å². The summed E-state index contributed by atoms with van der Waals surface area (Å²) in [6, 6.07) is 8.50. The Morgan fingerprint density at radius 3 is 2.80 bits per heavy atom. The molecule has 0 fully saturated rings. The summed E-state index contributed by atoms with van der Waals surface area (Å²) in [5.41, 5.74) is 6.16. The van der Waals surface area contributed by atoms with E-state index in [0.717, 1.165) is 3.79 Å². The summed E-state index contributed by atoms with van der Waals surface area (Å²) in [5.74, 6) is -0.297. The minimum atomic E-state index is -0.553. The number of amides is 2. The molecule has 5 nitrogen and oxygen atoms in total. The zero-order valence-electron chi connectivity index (χ0n) is 10.3. The fraction of sp³-hybridized carbons (Fsp3) is 0.0769. The van der Waals surface area contributed by atoms with Gasteiger partial charge in [-0.2, -0.15) is 0 Å². The Labute approximate surface area is 127 Å². The number of hydrogen-bond acceptors (Lipinski definition) is 4. The SMILES string of the molecule is NC(=O)COc1cccc(NC(=O)c2csc(Br)c2)c1. The number of hydrogen-bond donors (Lipinski definition) is 2. The van der Waals surface area contributed by atoms with Crippen molar-refractivity contribution < 1.29 is 14.3 Å². The highest BCUT2D eigenvalue weighted by atomic mass is 79.9.